The summed E-state index contributed by atoms with van der Waals surface area (Å²) in [7, 11) is 0. The van der Waals surface area contributed by atoms with Crippen LogP contribution < -0.4 is 0 Å². The van der Waals surface area contributed by atoms with Crippen LogP contribution in [0.1, 0.15) is 12.8 Å². The van der Waals surface area contributed by atoms with Crippen molar-refractivity contribution < 1.29 is 0 Å². The smallest absolute Gasteiger partial charge is 0.0313 e. The Kier molecular flexibility index (Phi) is 6.06. The van der Waals surface area contributed by atoms with Gasteiger partial charge in [-0.05, 0) is 26.7 Å². The second kappa shape index (κ2) is 6.48. The molecule has 0 unspecified atom stereocenters. The predicted octanol–water partition coefficient (Wildman–Crippen LogP) is 2.42. The first-order valence-electron chi connectivity index (χ1n) is 2.72. The molecule has 0 rings (SSSR count). The zero-order chi connectivity index (χ0) is 6.24. The molecule has 0 saturated heterocycles. The normalized spacial score (nSPS) is 11.8. The number of unbranched alkanes of at least 4 members (excludes halogenated alkanes) is 1. The Hall–Kier alpha value is -0.520. The highest BCUT2D eigenvalue weighted by molar-refractivity contribution is 5.03. The summed E-state index contributed by atoms with van der Waals surface area (Å²) in [6, 6.07) is 0. The molecule has 0 N–H and O–H groups in total. The van der Waals surface area contributed by atoms with Crippen molar-refractivity contribution in [2.45, 2.75) is 12.8 Å². The van der Waals surface area contributed by atoms with Crippen molar-refractivity contribution in [3.8, 4) is 0 Å². The van der Waals surface area contributed by atoms with E-state index in [9.17, 15) is 0 Å². The zero-order valence-electron chi connectivity index (χ0n) is 5.01. The molecule has 0 aliphatic carbocycles. The Balaban J connectivity index is 3.07. The summed E-state index contributed by atoms with van der Waals surface area (Å²) in [6.45, 7) is 8.74. The lowest BCUT2D eigenvalue weighted by atomic mass is 10.3. The molecule has 0 spiro atoms. The number of allylic oxidation sites excluding steroid dienone is 4. The van der Waals surface area contributed by atoms with Crippen LogP contribution in [-0.4, -0.2) is 0 Å². The molecule has 8 heavy (non-hydrogen) atoms. The third kappa shape index (κ3) is 5.48. The highest BCUT2D eigenvalue weighted by Gasteiger charge is 1.67. The van der Waals surface area contributed by atoms with Crippen LogP contribution in [-0.2, 0) is 0 Å². The van der Waals surface area contributed by atoms with Crippen LogP contribution >= 0.6 is 0 Å². The van der Waals surface area contributed by atoms with E-state index in [4.69, 9.17) is 6.92 Å². The Morgan fingerprint density at radius 2 is 2.12 bits per heavy atom. The summed E-state index contributed by atoms with van der Waals surface area (Å²) >= 11 is 0. The van der Waals surface area contributed by atoms with Gasteiger partial charge in [0.1, 0.15) is 0 Å². The number of rotatable bonds is 3. The largest absolute Gasteiger partial charge is 0.0845 e. The van der Waals surface area contributed by atoms with Crippen molar-refractivity contribution in [2.75, 3.05) is 0 Å². The molecule has 0 saturated carbocycles. The maximum Gasteiger partial charge on any atom is -0.0313 e. The third-order valence-electron chi connectivity index (χ3n) is 0.717. The van der Waals surface area contributed by atoms with Gasteiger partial charge in [-0.15, -0.1) is 0 Å². The minimum atomic E-state index is 0.724. The second-order valence-electron chi connectivity index (χ2n) is 1.43. The van der Waals surface area contributed by atoms with Gasteiger partial charge in [0, 0.05) is 0 Å². The lowest BCUT2D eigenvalue weighted by molar-refractivity contribution is 1.05. The highest BCUT2D eigenvalue weighted by Crippen LogP contribution is 1.87. The molecule has 0 nitrogen and oxygen atoms in total. The predicted molar refractivity (Wildman–Crippen MR) is 37.2 cm³/mol. The van der Waals surface area contributed by atoms with Crippen molar-refractivity contribution in [2.24, 2.45) is 0 Å². The van der Waals surface area contributed by atoms with Crippen molar-refractivity contribution in [3.05, 3.63) is 38.2 Å². The lowest BCUT2D eigenvalue weighted by Gasteiger charge is -1.77. The molecule has 0 heteroatoms. The molecule has 0 aromatic carbocycles. The molecule has 0 aromatic rings. The van der Waals surface area contributed by atoms with Gasteiger partial charge in [0.15, 0.2) is 0 Å². The summed E-state index contributed by atoms with van der Waals surface area (Å²) < 4.78 is 0. The molecule has 0 bridgehead atoms. The highest BCUT2D eigenvalue weighted by atomic mass is 13.7. The molecule has 0 amide bonds. The fourth-order valence-electron chi connectivity index (χ4n) is 0.350. The first-order chi connectivity index (χ1) is 3.91. The second-order valence-corrected chi connectivity index (χ2v) is 1.43. The molecule has 0 heterocycles. The van der Waals surface area contributed by atoms with Gasteiger partial charge in [-0.1, -0.05) is 24.3 Å². The summed E-state index contributed by atoms with van der Waals surface area (Å²) in [5, 5.41) is 0. The van der Waals surface area contributed by atoms with E-state index >= 15 is 0 Å². The lowest BCUT2D eigenvalue weighted by Crippen LogP contribution is -1.58. The SMILES string of the molecule is [CH]CC/C=C/C=C/[CH2]. The van der Waals surface area contributed by atoms with Gasteiger partial charge in [-0.2, -0.15) is 0 Å². The van der Waals surface area contributed by atoms with Gasteiger partial charge >= 0.3 is 0 Å². The van der Waals surface area contributed by atoms with Gasteiger partial charge in [-0.25, -0.2) is 0 Å². The van der Waals surface area contributed by atoms with E-state index in [-0.39, 0.29) is 0 Å². The van der Waals surface area contributed by atoms with Crippen molar-refractivity contribution in [3.63, 3.8) is 0 Å². The maximum absolute atomic E-state index is 5.22. The first-order valence-corrected chi connectivity index (χ1v) is 2.72. The van der Waals surface area contributed by atoms with Crippen LogP contribution in [0.5, 0.6) is 0 Å². The van der Waals surface area contributed by atoms with Crippen LogP contribution in [0, 0.1) is 13.8 Å². The molecule has 0 atom stereocenters. The number of hydrogen-bond acceptors (Lipinski definition) is 0. The molecule has 0 aliphatic rings. The molecular formula is C8H11. The van der Waals surface area contributed by atoms with Gasteiger partial charge in [0.25, 0.3) is 0 Å². The van der Waals surface area contributed by atoms with E-state index in [0.29, 0.717) is 0 Å². The molecule has 3 radical (unpaired) electrons. The minimum Gasteiger partial charge on any atom is -0.0845 e. The summed E-state index contributed by atoms with van der Waals surface area (Å²) in [4.78, 5) is 0. The van der Waals surface area contributed by atoms with E-state index in [2.05, 4.69) is 6.92 Å². The first kappa shape index (κ1) is 7.48. The summed E-state index contributed by atoms with van der Waals surface area (Å²) in [5.41, 5.74) is 0. The Bertz CT molecular complexity index is 78.0. The van der Waals surface area contributed by atoms with Crippen LogP contribution in [0.15, 0.2) is 24.3 Å². The minimum absolute atomic E-state index is 0.724. The topological polar surface area (TPSA) is 0 Å². The molecule has 0 aliphatic heterocycles. The van der Waals surface area contributed by atoms with Gasteiger partial charge in [0.05, 0.1) is 0 Å². The van der Waals surface area contributed by atoms with E-state index in [1.165, 1.54) is 0 Å². The Labute approximate surface area is 51.9 Å². The quantitative estimate of drug-likeness (QED) is 0.486. The average Bonchev–Trinajstić information content (AvgIpc) is 1.81. The zero-order valence-corrected chi connectivity index (χ0v) is 5.01. The number of hydrogen-bond donors (Lipinski definition) is 0. The van der Waals surface area contributed by atoms with Gasteiger partial charge in [0.2, 0.25) is 0 Å². The Morgan fingerprint density at radius 3 is 2.62 bits per heavy atom. The monoisotopic (exact) mass is 107 g/mol. The van der Waals surface area contributed by atoms with Crippen molar-refractivity contribution in [1.29, 1.82) is 0 Å². The van der Waals surface area contributed by atoms with Crippen molar-refractivity contribution >= 4 is 0 Å². The molecule has 43 valence electrons. The van der Waals surface area contributed by atoms with E-state index < -0.39 is 0 Å². The third-order valence-corrected chi connectivity index (χ3v) is 0.717. The fraction of sp³-hybridized carbons (Fsp3) is 0.250. The molecule has 0 aromatic heterocycles. The van der Waals surface area contributed by atoms with E-state index in [0.717, 1.165) is 12.8 Å². The maximum atomic E-state index is 5.22. The average molecular weight is 107 g/mol. The van der Waals surface area contributed by atoms with Gasteiger partial charge in [-0.3, -0.25) is 0 Å². The van der Waals surface area contributed by atoms with Crippen LogP contribution in [0.3, 0.4) is 0 Å². The fourth-order valence-corrected chi connectivity index (χ4v) is 0.350. The Morgan fingerprint density at radius 1 is 1.38 bits per heavy atom. The van der Waals surface area contributed by atoms with Gasteiger partial charge < -0.3 is 0 Å². The van der Waals surface area contributed by atoms with Crippen LogP contribution in [0.4, 0.5) is 0 Å². The summed E-state index contributed by atoms with van der Waals surface area (Å²) in [5.74, 6) is 0. The van der Waals surface area contributed by atoms with Crippen molar-refractivity contribution in [1.82, 2.24) is 0 Å². The van der Waals surface area contributed by atoms with E-state index in [1.807, 2.05) is 18.2 Å². The molecule has 0 fully saturated rings. The van der Waals surface area contributed by atoms with E-state index in [1.54, 1.807) is 6.08 Å². The summed E-state index contributed by atoms with van der Waals surface area (Å²) in [6.07, 6.45) is 9.26. The molecular weight excluding hydrogens is 96.1 g/mol. The standard InChI is InChI=1S/C8H11/c1-3-5-7-8-6-4-2/h1,4,6-8H,2-3,5H2/b6-4+,8-7+. The van der Waals surface area contributed by atoms with Crippen LogP contribution in [0.25, 0.3) is 0 Å². The van der Waals surface area contributed by atoms with Crippen LogP contribution in [0.2, 0.25) is 0 Å².